The average Bonchev–Trinajstić information content (AvgIpc) is 3.05. The van der Waals surface area contributed by atoms with Crippen molar-refractivity contribution in [3.05, 3.63) is 65.2 Å². The molecule has 8 heteroatoms. The number of hydrogen-bond acceptors (Lipinski definition) is 4. The van der Waals surface area contributed by atoms with E-state index in [1.54, 1.807) is 18.2 Å². The minimum atomic E-state index is -0.441. The van der Waals surface area contributed by atoms with Crippen molar-refractivity contribution in [3.63, 3.8) is 0 Å². The van der Waals surface area contributed by atoms with Gasteiger partial charge < -0.3 is 10.6 Å². The van der Waals surface area contributed by atoms with Crippen molar-refractivity contribution in [2.45, 2.75) is 0 Å². The molecule has 0 atom stereocenters. The summed E-state index contributed by atoms with van der Waals surface area (Å²) in [6.07, 6.45) is 0. The first kappa shape index (κ1) is 18.9. The molecule has 2 aromatic carbocycles. The second-order valence-corrected chi connectivity index (χ2v) is 6.98. The van der Waals surface area contributed by atoms with Gasteiger partial charge in [-0.15, -0.1) is 0 Å². The van der Waals surface area contributed by atoms with E-state index in [2.05, 4.69) is 15.6 Å². The third-order valence-electron chi connectivity index (χ3n) is 4.66. The molecule has 0 radical (unpaired) electrons. The van der Waals surface area contributed by atoms with Gasteiger partial charge in [0.15, 0.2) is 0 Å². The van der Waals surface area contributed by atoms with E-state index in [9.17, 15) is 14.4 Å². The molecule has 1 aliphatic heterocycles. The minimum Gasteiger partial charge on any atom is -0.350 e. The van der Waals surface area contributed by atoms with Crippen molar-refractivity contribution in [3.8, 4) is 11.3 Å². The van der Waals surface area contributed by atoms with Gasteiger partial charge in [-0.25, -0.2) is 9.78 Å². The van der Waals surface area contributed by atoms with E-state index in [0.717, 1.165) is 15.8 Å². The molecule has 4 amide bonds. The molecule has 1 saturated heterocycles. The van der Waals surface area contributed by atoms with E-state index in [1.807, 2.05) is 36.4 Å². The monoisotopic (exact) mass is 408 g/mol. The molecule has 0 aliphatic carbocycles. The van der Waals surface area contributed by atoms with E-state index in [-0.39, 0.29) is 31.4 Å². The summed E-state index contributed by atoms with van der Waals surface area (Å²) in [5.41, 5.74) is 2.66. The first-order chi connectivity index (χ1) is 14.0. The van der Waals surface area contributed by atoms with E-state index < -0.39 is 6.03 Å². The van der Waals surface area contributed by atoms with Crippen LogP contribution in [0.15, 0.2) is 54.6 Å². The van der Waals surface area contributed by atoms with Gasteiger partial charge in [0.1, 0.15) is 0 Å². The molecule has 0 unspecified atom stereocenters. The van der Waals surface area contributed by atoms with Gasteiger partial charge in [-0.3, -0.25) is 14.5 Å². The van der Waals surface area contributed by atoms with Crippen LogP contribution in [0.4, 0.5) is 4.79 Å². The number of carbonyl (C=O) groups excluding carboxylic acids is 3. The summed E-state index contributed by atoms with van der Waals surface area (Å²) in [6, 6.07) is 15.9. The molecular formula is C21H17ClN4O3. The number of aromatic nitrogens is 1. The zero-order valence-corrected chi connectivity index (χ0v) is 16.1. The standard InChI is InChI=1S/C21H17ClN4O3/c22-14-7-5-13(6-8-14)18-11-16(15-3-1-2-4-17(15)25-18)20(28)23-9-10-26-19(27)12-24-21(26)29/h1-8,11H,9-10,12H2,(H,23,28)(H,24,29). The van der Waals surface area contributed by atoms with Crippen molar-refractivity contribution in [1.82, 2.24) is 20.5 Å². The smallest absolute Gasteiger partial charge is 0.324 e. The van der Waals surface area contributed by atoms with Crippen LogP contribution in [0.25, 0.3) is 22.2 Å². The first-order valence-corrected chi connectivity index (χ1v) is 9.43. The molecule has 0 bridgehead atoms. The lowest BCUT2D eigenvalue weighted by Gasteiger charge is -2.14. The Balaban J connectivity index is 1.59. The van der Waals surface area contributed by atoms with Crippen molar-refractivity contribution in [2.24, 2.45) is 0 Å². The number of nitrogens with one attached hydrogen (secondary N) is 2. The van der Waals surface area contributed by atoms with Crippen LogP contribution in [0.1, 0.15) is 10.4 Å². The number of pyridine rings is 1. The Morgan fingerprint density at radius 3 is 2.62 bits per heavy atom. The Hall–Kier alpha value is -3.45. The molecule has 7 nitrogen and oxygen atoms in total. The minimum absolute atomic E-state index is 0.00771. The van der Waals surface area contributed by atoms with Gasteiger partial charge in [0.05, 0.1) is 23.3 Å². The van der Waals surface area contributed by atoms with Crippen LogP contribution in [-0.4, -0.2) is 47.4 Å². The molecule has 1 aromatic heterocycles. The number of benzene rings is 2. The van der Waals surface area contributed by atoms with Crippen LogP contribution >= 0.6 is 11.6 Å². The summed E-state index contributed by atoms with van der Waals surface area (Å²) in [4.78, 5) is 41.8. The zero-order valence-electron chi connectivity index (χ0n) is 15.3. The second kappa shape index (κ2) is 7.89. The number of urea groups is 1. The largest absolute Gasteiger partial charge is 0.350 e. The normalized spacial score (nSPS) is 13.6. The topological polar surface area (TPSA) is 91.4 Å². The Morgan fingerprint density at radius 1 is 1.14 bits per heavy atom. The SMILES string of the molecule is O=C(NCCN1C(=O)CNC1=O)c1cc(-c2ccc(Cl)cc2)nc2ccccc12. The summed E-state index contributed by atoms with van der Waals surface area (Å²) in [7, 11) is 0. The third kappa shape index (κ3) is 3.90. The number of hydrogen-bond donors (Lipinski definition) is 2. The summed E-state index contributed by atoms with van der Waals surface area (Å²) in [5.74, 6) is -0.602. The van der Waals surface area contributed by atoms with Crippen molar-refractivity contribution in [1.29, 1.82) is 0 Å². The molecular weight excluding hydrogens is 392 g/mol. The highest BCUT2D eigenvalue weighted by molar-refractivity contribution is 6.30. The zero-order chi connectivity index (χ0) is 20.4. The molecule has 1 fully saturated rings. The maximum Gasteiger partial charge on any atom is 0.324 e. The lowest BCUT2D eigenvalue weighted by molar-refractivity contribution is -0.124. The van der Waals surface area contributed by atoms with Crippen molar-refractivity contribution < 1.29 is 14.4 Å². The predicted octanol–water partition coefficient (Wildman–Crippen LogP) is 2.84. The number of halogens is 1. The van der Waals surface area contributed by atoms with Gasteiger partial charge in [0.2, 0.25) is 5.91 Å². The van der Waals surface area contributed by atoms with Crippen LogP contribution in [-0.2, 0) is 4.79 Å². The molecule has 0 spiro atoms. The maximum absolute atomic E-state index is 12.9. The van der Waals surface area contributed by atoms with Crippen LogP contribution in [0.5, 0.6) is 0 Å². The quantitative estimate of drug-likeness (QED) is 0.635. The maximum atomic E-state index is 12.9. The van der Waals surface area contributed by atoms with Gasteiger partial charge in [-0.2, -0.15) is 0 Å². The van der Waals surface area contributed by atoms with Crippen molar-refractivity contribution >= 4 is 40.3 Å². The number of carbonyl (C=O) groups is 3. The van der Waals surface area contributed by atoms with E-state index in [1.165, 1.54) is 0 Å². The third-order valence-corrected chi connectivity index (χ3v) is 4.91. The second-order valence-electron chi connectivity index (χ2n) is 6.54. The van der Waals surface area contributed by atoms with Crippen molar-refractivity contribution in [2.75, 3.05) is 19.6 Å². The van der Waals surface area contributed by atoms with Gasteiger partial charge in [0, 0.05) is 29.1 Å². The van der Waals surface area contributed by atoms with Gasteiger partial charge in [-0.05, 0) is 24.3 Å². The highest BCUT2D eigenvalue weighted by atomic mass is 35.5. The summed E-state index contributed by atoms with van der Waals surface area (Å²) >= 11 is 5.97. The average molecular weight is 409 g/mol. The number of fused-ring (bicyclic) bond motifs is 1. The Morgan fingerprint density at radius 2 is 1.90 bits per heavy atom. The molecule has 2 heterocycles. The molecule has 29 heavy (non-hydrogen) atoms. The lowest BCUT2D eigenvalue weighted by atomic mass is 10.0. The van der Waals surface area contributed by atoms with E-state index in [4.69, 9.17) is 11.6 Å². The highest BCUT2D eigenvalue weighted by Gasteiger charge is 2.27. The number of para-hydroxylation sites is 1. The Bertz CT molecular complexity index is 1100. The van der Waals surface area contributed by atoms with E-state index in [0.29, 0.717) is 21.8 Å². The Kier molecular flexibility index (Phi) is 5.14. The van der Waals surface area contributed by atoms with E-state index >= 15 is 0 Å². The molecule has 2 N–H and O–H groups in total. The molecule has 0 saturated carbocycles. The fourth-order valence-electron chi connectivity index (χ4n) is 3.19. The molecule has 4 rings (SSSR count). The van der Waals surface area contributed by atoms with Gasteiger partial charge in [-0.1, -0.05) is 41.9 Å². The van der Waals surface area contributed by atoms with Gasteiger partial charge >= 0.3 is 6.03 Å². The molecule has 1 aliphatic rings. The number of amides is 4. The van der Waals surface area contributed by atoms with Crippen LogP contribution in [0.3, 0.4) is 0 Å². The van der Waals surface area contributed by atoms with Crippen LogP contribution < -0.4 is 10.6 Å². The first-order valence-electron chi connectivity index (χ1n) is 9.05. The van der Waals surface area contributed by atoms with Gasteiger partial charge in [0.25, 0.3) is 5.91 Å². The molecule has 146 valence electrons. The van der Waals surface area contributed by atoms with Crippen LogP contribution in [0.2, 0.25) is 5.02 Å². The van der Waals surface area contributed by atoms with Crippen LogP contribution in [0, 0.1) is 0 Å². The summed E-state index contributed by atoms with van der Waals surface area (Å²) in [5, 5.41) is 6.57. The summed E-state index contributed by atoms with van der Waals surface area (Å²) in [6.45, 7) is 0.264. The predicted molar refractivity (Wildman–Crippen MR) is 110 cm³/mol. The lowest BCUT2D eigenvalue weighted by Crippen LogP contribution is -2.38. The number of imide groups is 1. The molecule has 3 aromatic rings. The highest BCUT2D eigenvalue weighted by Crippen LogP contribution is 2.26. The fourth-order valence-corrected chi connectivity index (χ4v) is 3.32. The number of rotatable bonds is 5. The fraction of sp³-hybridized carbons (Fsp3) is 0.143. The Labute approximate surface area is 171 Å². The summed E-state index contributed by atoms with van der Waals surface area (Å²) < 4.78 is 0. The number of nitrogens with zero attached hydrogens (tertiary/aromatic N) is 2.